The van der Waals surface area contributed by atoms with Crippen LogP contribution in [0.1, 0.15) is 47.9 Å². The number of thioether (sulfide) groups is 1. The molecule has 1 N–H and O–H groups in total. The van der Waals surface area contributed by atoms with Gasteiger partial charge in [0.15, 0.2) is 5.17 Å². The van der Waals surface area contributed by atoms with Crippen molar-refractivity contribution in [3.8, 4) is 0 Å². The molecule has 1 aromatic carbocycles. The first-order valence-corrected chi connectivity index (χ1v) is 13.1. The molecule has 178 valence electrons. The van der Waals surface area contributed by atoms with Gasteiger partial charge >= 0.3 is 5.97 Å². The molecule has 6 nitrogen and oxygen atoms in total. The van der Waals surface area contributed by atoms with E-state index in [-0.39, 0.29) is 24.9 Å². The molecule has 0 saturated carbocycles. The number of allylic oxidation sites excluding steroid dienone is 1. The van der Waals surface area contributed by atoms with Crippen molar-refractivity contribution in [1.82, 2.24) is 10.2 Å². The van der Waals surface area contributed by atoms with Crippen LogP contribution in [0.2, 0.25) is 0 Å². The number of carbonyl (C=O) groups is 2. The Bertz CT molecular complexity index is 1180. The van der Waals surface area contributed by atoms with Crippen LogP contribution in [0.5, 0.6) is 0 Å². The highest BCUT2D eigenvalue weighted by Crippen LogP contribution is 2.45. The summed E-state index contributed by atoms with van der Waals surface area (Å²) in [6.07, 6.45) is 1.03. The molecule has 2 aliphatic rings. The van der Waals surface area contributed by atoms with Crippen molar-refractivity contribution in [2.75, 3.05) is 13.2 Å². The maximum Gasteiger partial charge on any atom is 0.338 e. The molecule has 1 aromatic heterocycles. The first kappa shape index (κ1) is 24.3. The third-order valence-corrected chi connectivity index (χ3v) is 7.66. The van der Waals surface area contributed by atoms with Gasteiger partial charge < -0.3 is 15.0 Å². The van der Waals surface area contributed by atoms with E-state index in [1.54, 1.807) is 18.3 Å². The van der Waals surface area contributed by atoms with Crippen molar-refractivity contribution >= 4 is 40.1 Å². The van der Waals surface area contributed by atoms with E-state index in [4.69, 9.17) is 9.73 Å². The molecule has 0 fully saturated rings. The van der Waals surface area contributed by atoms with Gasteiger partial charge in [-0.05, 0) is 62.1 Å². The number of amidine groups is 1. The summed E-state index contributed by atoms with van der Waals surface area (Å²) < 4.78 is 5.42. The molecule has 0 spiro atoms. The van der Waals surface area contributed by atoms with Crippen molar-refractivity contribution < 1.29 is 14.3 Å². The molecule has 1 amide bonds. The van der Waals surface area contributed by atoms with Crippen molar-refractivity contribution in [3.05, 3.63) is 79.7 Å². The number of hydrogen-bond acceptors (Lipinski definition) is 7. The zero-order valence-corrected chi connectivity index (χ0v) is 21.5. The predicted molar refractivity (Wildman–Crippen MR) is 139 cm³/mol. The quantitative estimate of drug-likeness (QED) is 0.507. The fourth-order valence-corrected chi connectivity index (χ4v) is 5.95. The van der Waals surface area contributed by atoms with E-state index in [0.717, 1.165) is 34.0 Å². The summed E-state index contributed by atoms with van der Waals surface area (Å²) in [6, 6.07) is 9.92. The van der Waals surface area contributed by atoms with Gasteiger partial charge in [0.2, 0.25) is 5.91 Å². The summed E-state index contributed by atoms with van der Waals surface area (Å²) in [7, 11) is 0. The maximum atomic E-state index is 13.1. The topological polar surface area (TPSA) is 71.0 Å². The molecule has 0 aliphatic carbocycles. The van der Waals surface area contributed by atoms with Crippen LogP contribution in [-0.4, -0.2) is 35.1 Å². The summed E-state index contributed by atoms with van der Waals surface area (Å²) in [6.45, 7) is 8.63. The van der Waals surface area contributed by atoms with E-state index in [0.29, 0.717) is 17.8 Å². The molecule has 0 saturated heterocycles. The summed E-state index contributed by atoms with van der Waals surface area (Å²) in [5, 5.41) is 7.81. The van der Waals surface area contributed by atoms with Gasteiger partial charge in [0.25, 0.3) is 0 Å². The van der Waals surface area contributed by atoms with E-state index >= 15 is 0 Å². The van der Waals surface area contributed by atoms with Crippen LogP contribution in [0.4, 0.5) is 0 Å². The first-order chi connectivity index (χ1) is 16.4. The number of nitrogens with one attached hydrogen (secondary N) is 1. The minimum Gasteiger partial charge on any atom is -0.463 e. The maximum absolute atomic E-state index is 13.1. The second-order valence-electron chi connectivity index (χ2n) is 8.33. The first-order valence-electron chi connectivity index (χ1n) is 11.4. The molecular formula is C26H29N3O3S2. The highest BCUT2D eigenvalue weighted by molar-refractivity contribution is 8.16. The summed E-state index contributed by atoms with van der Waals surface area (Å²) >= 11 is 3.18. The van der Waals surface area contributed by atoms with Crippen LogP contribution in [0, 0.1) is 13.8 Å². The van der Waals surface area contributed by atoms with Crippen molar-refractivity contribution in [2.24, 2.45) is 4.99 Å². The van der Waals surface area contributed by atoms with Crippen LogP contribution < -0.4 is 5.32 Å². The number of rotatable bonds is 8. The van der Waals surface area contributed by atoms with E-state index < -0.39 is 6.04 Å². The number of ether oxygens (including phenoxy) is 1. The summed E-state index contributed by atoms with van der Waals surface area (Å²) in [5.41, 5.74) is 5.24. The lowest BCUT2D eigenvalue weighted by molar-refractivity contribution is -0.139. The zero-order chi connectivity index (χ0) is 24.2. The van der Waals surface area contributed by atoms with Gasteiger partial charge in [0.1, 0.15) is 0 Å². The Labute approximate surface area is 208 Å². The van der Waals surface area contributed by atoms with Gasteiger partial charge in [-0.2, -0.15) is 0 Å². The fourth-order valence-electron chi connectivity index (χ4n) is 4.27. The van der Waals surface area contributed by atoms with Crippen LogP contribution in [-0.2, 0) is 20.7 Å². The van der Waals surface area contributed by atoms with Crippen LogP contribution >= 0.6 is 23.1 Å². The van der Waals surface area contributed by atoms with Gasteiger partial charge in [-0.3, -0.25) is 4.79 Å². The number of benzene rings is 1. The average Bonchev–Trinajstić information content (AvgIpc) is 3.43. The summed E-state index contributed by atoms with van der Waals surface area (Å²) in [5.74, 6) is -0.419. The molecule has 8 heteroatoms. The Hall–Kier alpha value is -2.84. The average molecular weight is 496 g/mol. The van der Waals surface area contributed by atoms with E-state index in [9.17, 15) is 9.59 Å². The van der Waals surface area contributed by atoms with Crippen LogP contribution in [0.25, 0.3) is 0 Å². The van der Waals surface area contributed by atoms with Gasteiger partial charge in [0.05, 0.1) is 30.3 Å². The number of nitrogens with zero attached hydrogens (tertiary/aromatic N) is 2. The lowest BCUT2D eigenvalue weighted by Crippen LogP contribution is -2.38. The highest BCUT2D eigenvalue weighted by atomic mass is 32.2. The molecule has 0 bridgehead atoms. The molecule has 3 heterocycles. The van der Waals surface area contributed by atoms with Gasteiger partial charge in [-0.15, -0.1) is 11.3 Å². The van der Waals surface area contributed by atoms with Gasteiger partial charge in [-0.25, -0.2) is 9.79 Å². The number of hydrogen-bond donors (Lipinski definition) is 1. The van der Waals surface area contributed by atoms with E-state index in [1.807, 2.05) is 28.7 Å². The predicted octanol–water partition coefficient (Wildman–Crippen LogP) is 5.25. The Balaban J connectivity index is 1.60. The number of carbonyl (C=O) groups excluding carboxylic acids is 2. The molecule has 2 aliphatic heterocycles. The molecular weight excluding hydrogens is 466 g/mol. The number of esters is 1. The number of amides is 1. The SMILES string of the molecule is CCOC(=O)C1=C(C)N=C2SC=C(CC(=O)NCCc3cccs3)N2C1c1ccc(C)cc1C. The Morgan fingerprint density at radius 1 is 1.21 bits per heavy atom. The number of thiophene rings is 1. The number of fused-ring (bicyclic) bond motifs is 1. The van der Waals surface area contributed by atoms with Gasteiger partial charge in [0, 0.05) is 17.1 Å². The van der Waals surface area contributed by atoms with Crippen LogP contribution in [0.3, 0.4) is 0 Å². The largest absolute Gasteiger partial charge is 0.463 e. The molecule has 0 radical (unpaired) electrons. The standard InChI is InChI=1S/C26H29N3O3S2/c1-5-32-25(31)23-18(4)28-26-29(24(23)21-9-8-16(2)13-17(21)3)19(15-34-26)14-22(30)27-11-10-20-7-6-12-33-20/h6-9,12-13,15,24H,5,10-11,14H2,1-4H3,(H,27,30). The molecule has 2 aromatic rings. The normalized spacial score (nSPS) is 17.3. The molecule has 34 heavy (non-hydrogen) atoms. The lowest BCUT2D eigenvalue weighted by Gasteiger charge is -2.37. The van der Waals surface area contributed by atoms with Crippen molar-refractivity contribution in [3.63, 3.8) is 0 Å². The zero-order valence-electron chi connectivity index (χ0n) is 19.9. The number of aliphatic imine (C=N–C) groups is 1. The summed E-state index contributed by atoms with van der Waals surface area (Å²) in [4.78, 5) is 33.9. The minimum absolute atomic E-state index is 0.0482. The monoisotopic (exact) mass is 495 g/mol. The number of aryl methyl sites for hydroxylation is 2. The highest BCUT2D eigenvalue weighted by Gasteiger charge is 2.41. The van der Waals surface area contributed by atoms with E-state index in [2.05, 4.69) is 43.4 Å². The molecule has 1 atom stereocenters. The van der Waals surface area contributed by atoms with Crippen molar-refractivity contribution in [2.45, 2.75) is 46.6 Å². The van der Waals surface area contributed by atoms with Crippen LogP contribution in [0.15, 0.2) is 63.1 Å². The molecule has 4 rings (SSSR count). The van der Waals surface area contributed by atoms with Gasteiger partial charge in [-0.1, -0.05) is 41.6 Å². The second kappa shape index (κ2) is 10.6. The third kappa shape index (κ3) is 5.13. The minimum atomic E-state index is -0.396. The third-order valence-electron chi connectivity index (χ3n) is 5.83. The second-order valence-corrected chi connectivity index (χ2v) is 10.2. The lowest BCUT2D eigenvalue weighted by atomic mass is 9.90. The fraction of sp³-hybridized carbons (Fsp3) is 0.346. The Morgan fingerprint density at radius 3 is 2.74 bits per heavy atom. The molecule has 1 unspecified atom stereocenters. The Morgan fingerprint density at radius 2 is 2.03 bits per heavy atom. The smallest absolute Gasteiger partial charge is 0.338 e. The van der Waals surface area contributed by atoms with Crippen molar-refractivity contribution in [1.29, 1.82) is 0 Å². The van der Waals surface area contributed by atoms with E-state index in [1.165, 1.54) is 16.6 Å². The Kier molecular flexibility index (Phi) is 7.58.